The minimum atomic E-state index is 0.583. The van der Waals surface area contributed by atoms with E-state index >= 15 is 0 Å². The molecule has 1 aliphatic heterocycles. The third-order valence-electron chi connectivity index (χ3n) is 5.32. The van der Waals surface area contributed by atoms with Crippen molar-refractivity contribution in [3.8, 4) is 0 Å². The first-order chi connectivity index (χ1) is 10.2. The molecule has 21 heavy (non-hydrogen) atoms. The monoisotopic (exact) mass is 286 g/mol. The third-order valence-corrected chi connectivity index (χ3v) is 5.32. The first kappa shape index (κ1) is 15.1. The molecule has 1 aliphatic carbocycles. The maximum Gasteiger partial charge on any atom is 0.0325 e. The topological polar surface area (TPSA) is 15.3 Å². The number of rotatable bonds is 3. The summed E-state index contributed by atoms with van der Waals surface area (Å²) in [5.74, 6) is 0. The Balaban J connectivity index is 1.63. The molecular formula is C19H30N2. The zero-order valence-corrected chi connectivity index (χ0v) is 13.6. The maximum absolute atomic E-state index is 3.99. The summed E-state index contributed by atoms with van der Waals surface area (Å²) in [6.07, 6.45) is 7.88. The molecule has 1 heterocycles. The van der Waals surface area contributed by atoms with E-state index in [1.165, 1.54) is 51.6 Å². The summed E-state index contributed by atoms with van der Waals surface area (Å²) in [5.41, 5.74) is 3.15. The van der Waals surface area contributed by atoms with Crippen molar-refractivity contribution in [3.05, 3.63) is 35.4 Å². The van der Waals surface area contributed by atoms with Gasteiger partial charge in [0, 0.05) is 18.1 Å². The van der Waals surface area contributed by atoms with E-state index in [1.807, 2.05) is 0 Å². The SMILES string of the molecule is CC(C)N1CCC(NC2CCCCc3ccccc32)CC1. The standard InChI is InChI=1S/C19H30N2/c1-15(2)21-13-11-17(12-14-21)20-19-10-6-4-8-16-7-3-5-9-18(16)19/h3,5,7,9,15,17,19-20H,4,6,8,10-14H2,1-2H3. The largest absolute Gasteiger partial charge is 0.307 e. The van der Waals surface area contributed by atoms with E-state index in [1.54, 1.807) is 11.1 Å². The van der Waals surface area contributed by atoms with Gasteiger partial charge in [0.25, 0.3) is 0 Å². The molecule has 1 aromatic rings. The lowest BCUT2D eigenvalue weighted by atomic mass is 9.96. The van der Waals surface area contributed by atoms with Crippen molar-refractivity contribution < 1.29 is 0 Å². The van der Waals surface area contributed by atoms with Crippen molar-refractivity contribution >= 4 is 0 Å². The lowest BCUT2D eigenvalue weighted by Crippen LogP contribution is -2.45. The van der Waals surface area contributed by atoms with Gasteiger partial charge in [-0.15, -0.1) is 0 Å². The van der Waals surface area contributed by atoms with Crippen LogP contribution in [0.1, 0.15) is 63.1 Å². The van der Waals surface area contributed by atoms with E-state index in [4.69, 9.17) is 0 Å². The van der Waals surface area contributed by atoms with Crippen molar-refractivity contribution in [1.82, 2.24) is 10.2 Å². The van der Waals surface area contributed by atoms with Gasteiger partial charge in [-0.3, -0.25) is 0 Å². The van der Waals surface area contributed by atoms with Crippen LogP contribution in [0.25, 0.3) is 0 Å². The number of nitrogens with one attached hydrogen (secondary N) is 1. The number of nitrogens with zero attached hydrogens (tertiary/aromatic N) is 1. The zero-order valence-electron chi connectivity index (χ0n) is 13.6. The van der Waals surface area contributed by atoms with Crippen LogP contribution in [-0.2, 0) is 6.42 Å². The van der Waals surface area contributed by atoms with Crippen molar-refractivity contribution in [3.63, 3.8) is 0 Å². The normalized spacial score (nSPS) is 24.8. The van der Waals surface area contributed by atoms with Gasteiger partial charge in [0.05, 0.1) is 0 Å². The van der Waals surface area contributed by atoms with Crippen LogP contribution < -0.4 is 5.32 Å². The molecule has 0 amide bonds. The molecule has 0 radical (unpaired) electrons. The average Bonchev–Trinajstić information content (AvgIpc) is 2.71. The van der Waals surface area contributed by atoms with Crippen LogP contribution in [0.15, 0.2) is 24.3 Å². The first-order valence-corrected chi connectivity index (χ1v) is 8.82. The van der Waals surface area contributed by atoms with Gasteiger partial charge in [0.15, 0.2) is 0 Å². The molecule has 2 heteroatoms. The summed E-state index contributed by atoms with van der Waals surface area (Å²) >= 11 is 0. The molecule has 0 aromatic heterocycles. The Morgan fingerprint density at radius 3 is 2.57 bits per heavy atom. The zero-order chi connectivity index (χ0) is 14.7. The molecule has 116 valence electrons. The molecule has 1 aromatic carbocycles. The lowest BCUT2D eigenvalue weighted by Gasteiger charge is -2.36. The molecule has 1 saturated heterocycles. The van der Waals surface area contributed by atoms with E-state index in [9.17, 15) is 0 Å². The van der Waals surface area contributed by atoms with Crippen molar-refractivity contribution in [2.24, 2.45) is 0 Å². The van der Waals surface area contributed by atoms with Gasteiger partial charge >= 0.3 is 0 Å². The summed E-state index contributed by atoms with van der Waals surface area (Å²) in [4.78, 5) is 2.61. The van der Waals surface area contributed by atoms with Crippen LogP contribution in [0.4, 0.5) is 0 Å². The molecule has 2 aliphatic rings. The number of hydrogen-bond acceptors (Lipinski definition) is 2. The summed E-state index contributed by atoms with van der Waals surface area (Å²) in [6, 6.07) is 11.1. The molecule has 1 atom stereocenters. The number of aryl methyl sites for hydroxylation is 1. The third kappa shape index (κ3) is 3.67. The molecule has 0 spiro atoms. The van der Waals surface area contributed by atoms with Crippen LogP contribution in [0, 0.1) is 0 Å². The Morgan fingerprint density at radius 1 is 1.05 bits per heavy atom. The molecule has 0 bridgehead atoms. The molecule has 0 saturated carbocycles. The Morgan fingerprint density at radius 2 is 1.81 bits per heavy atom. The second-order valence-electron chi connectivity index (χ2n) is 7.07. The van der Waals surface area contributed by atoms with Gasteiger partial charge in [-0.25, -0.2) is 0 Å². The van der Waals surface area contributed by atoms with Crippen LogP contribution >= 0.6 is 0 Å². The second-order valence-corrected chi connectivity index (χ2v) is 7.07. The number of hydrogen-bond donors (Lipinski definition) is 1. The summed E-state index contributed by atoms with van der Waals surface area (Å²) in [5, 5.41) is 3.99. The maximum atomic E-state index is 3.99. The van der Waals surface area contributed by atoms with Crippen molar-refractivity contribution in [1.29, 1.82) is 0 Å². The van der Waals surface area contributed by atoms with Crippen molar-refractivity contribution in [2.75, 3.05) is 13.1 Å². The van der Waals surface area contributed by atoms with E-state index in [-0.39, 0.29) is 0 Å². The summed E-state index contributed by atoms with van der Waals surface area (Å²) in [7, 11) is 0. The molecule has 1 unspecified atom stereocenters. The quantitative estimate of drug-likeness (QED) is 0.847. The van der Waals surface area contributed by atoms with Gasteiger partial charge < -0.3 is 10.2 Å². The number of benzene rings is 1. The minimum absolute atomic E-state index is 0.583. The smallest absolute Gasteiger partial charge is 0.0325 e. The van der Waals surface area contributed by atoms with Crippen LogP contribution in [0.3, 0.4) is 0 Å². The summed E-state index contributed by atoms with van der Waals surface area (Å²) in [6.45, 7) is 7.14. The molecule has 1 fully saturated rings. The van der Waals surface area contributed by atoms with E-state index < -0.39 is 0 Å². The van der Waals surface area contributed by atoms with Gasteiger partial charge in [-0.2, -0.15) is 0 Å². The number of piperidine rings is 1. The minimum Gasteiger partial charge on any atom is -0.307 e. The fraction of sp³-hybridized carbons (Fsp3) is 0.684. The van der Waals surface area contributed by atoms with Gasteiger partial charge in [0.1, 0.15) is 0 Å². The fourth-order valence-electron chi connectivity index (χ4n) is 3.96. The van der Waals surface area contributed by atoms with Crippen LogP contribution in [-0.4, -0.2) is 30.1 Å². The highest BCUT2D eigenvalue weighted by molar-refractivity contribution is 5.31. The Hall–Kier alpha value is -0.860. The first-order valence-electron chi connectivity index (χ1n) is 8.82. The predicted molar refractivity (Wildman–Crippen MR) is 89.6 cm³/mol. The van der Waals surface area contributed by atoms with Gasteiger partial charge in [-0.05, 0) is 70.2 Å². The Labute approximate surface area is 129 Å². The Kier molecular flexibility index (Phi) is 4.97. The lowest BCUT2D eigenvalue weighted by molar-refractivity contribution is 0.155. The highest BCUT2D eigenvalue weighted by Gasteiger charge is 2.25. The van der Waals surface area contributed by atoms with Crippen molar-refractivity contribution in [2.45, 2.75) is 70.5 Å². The number of likely N-dealkylation sites (tertiary alicyclic amines) is 1. The van der Waals surface area contributed by atoms with E-state index in [0.29, 0.717) is 18.1 Å². The predicted octanol–water partition coefficient (Wildman–Crippen LogP) is 3.92. The van der Waals surface area contributed by atoms with E-state index in [2.05, 4.69) is 48.3 Å². The Bertz CT molecular complexity index is 447. The van der Waals surface area contributed by atoms with E-state index in [0.717, 1.165) is 0 Å². The molecule has 1 N–H and O–H groups in total. The second kappa shape index (κ2) is 6.93. The molecule has 2 nitrogen and oxygen atoms in total. The van der Waals surface area contributed by atoms with Gasteiger partial charge in [0.2, 0.25) is 0 Å². The van der Waals surface area contributed by atoms with Gasteiger partial charge in [-0.1, -0.05) is 30.7 Å². The number of fused-ring (bicyclic) bond motifs is 1. The highest BCUT2D eigenvalue weighted by Crippen LogP contribution is 2.30. The van der Waals surface area contributed by atoms with Crippen LogP contribution in [0.2, 0.25) is 0 Å². The summed E-state index contributed by atoms with van der Waals surface area (Å²) < 4.78 is 0. The average molecular weight is 286 g/mol. The fourth-order valence-corrected chi connectivity index (χ4v) is 3.96. The van der Waals surface area contributed by atoms with Crippen LogP contribution in [0.5, 0.6) is 0 Å². The highest BCUT2D eigenvalue weighted by atomic mass is 15.2. The molecular weight excluding hydrogens is 256 g/mol. The molecule has 3 rings (SSSR count).